The van der Waals surface area contributed by atoms with Crippen LogP contribution >= 0.6 is 0 Å². The van der Waals surface area contributed by atoms with E-state index in [1.807, 2.05) is 18.2 Å². The predicted octanol–water partition coefficient (Wildman–Crippen LogP) is 4.93. The van der Waals surface area contributed by atoms with Crippen molar-refractivity contribution >= 4 is 11.6 Å². The van der Waals surface area contributed by atoms with Crippen LogP contribution in [-0.4, -0.2) is 29.8 Å². The maximum Gasteiger partial charge on any atom is 0.255 e. The number of methoxy groups -OCH3 is 1. The molecule has 1 N–H and O–H groups in total. The summed E-state index contributed by atoms with van der Waals surface area (Å²) in [5.41, 5.74) is 1.75. The summed E-state index contributed by atoms with van der Waals surface area (Å²) < 4.78 is 21.9. The average molecular weight is 441 g/mol. The van der Waals surface area contributed by atoms with Crippen LogP contribution in [0.2, 0.25) is 0 Å². The van der Waals surface area contributed by atoms with Crippen molar-refractivity contribution < 1.29 is 23.7 Å². The topological polar surface area (TPSA) is 91.8 Å². The van der Waals surface area contributed by atoms with Crippen LogP contribution in [0.3, 0.4) is 0 Å². The van der Waals surface area contributed by atoms with Gasteiger partial charge in [-0.15, -0.1) is 0 Å². The van der Waals surface area contributed by atoms with E-state index in [4.69, 9.17) is 18.9 Å². The van der Waals surface area contributed by atoms with Crippen molar-refractivity contribution in [3.63, 3.8) is 0 Å². The van der Waals surface area contributed by atoms with Gasteiger partial charge in [0, 0.05) is 35.1 Å². The number of para-hydroxylation sites is 2. The van der Waals surface area contributed by atoms with E-state index in [0.29, 0.717) is 51.5 Å². The van der Waals surface area contributed by atoms with E-state index in [1.165, 1.54) is 0 Å². The quantitative estimate of drug-likeness (QED) is 0.454. The van der Waals surface area contributed by atoms with E-state index in [-0.39, 0.29) is 12.7 Å². The Morgan fingerprint density at radius 2 is 1.79 bits per heavy atom. The van der Waals surface area contributed by atoms with Gasteiger partial charge in [-0.2, -0.15) is 4.98 Å². The number of fused-ring (bicyclic) bond motifs is 1. The van der Waals surface area contributed by atoms with Gasteiger partial charge in [0.05, 0.1) is 7.11 Å². The molecule has 8 nitrogen and oxygen atoms in total. The monoisotopic (exact) mass is 441 g/mol. The number of carbonyl (C=O) groups excluding carboxylic acids is 1. The Hall–Kier alpha value is -4.59. The zero-order valence-corrected chi connectivity index (χ0v) is 17.6. The molecule has 0 saturated heterocycles. The molecule has 1 aromatic heterocycles. The Morgan fingerprint density at radius 1 is 0.939 bits per heavy atom. The van der Waals surface area contributed by atoms with Gasteiger partial charge >= 0.3 is 0 Å². The molecule has 0 unspecified atom stereocenters. The molecule has 1 aliphatic heterocycles. The number of anilines is 1. The molecule has 0 spiro atoms. The van der Waals surface area contributed by atoms with Gasteiger partial charge in [-0.05, 0) is 36.4 Å². The lowest BCUT2D eigenvalue weighted by molar-refractivity contribution is 0.102. The fourth-order valence-electron chi connectivity index (χ4n) is 3.33. The maximum absolute atomic E-state index is 12.8. The van der Waals surface area contributed by atoms with Crippen molar-refractivity contribution in [2.24, 2.45) is 0 Å². The first-order valence-electron chi connectivity index (χ1n) is 10.1. The summed E-state index contributed by atoms with van der Waals surface area (Å²) in [6.07, 6.45) is 1.60. The minimum atomic E-state index is -0.267. The van der Waals surface area contributed by atoms with Crippen LogP contribution in [0.5, 0.6) is 28.9 Å². The number of ether oxygens (including phenoxy) is 4. The highest BCUT2D eigenvalue weighted by atomic mass is 16.7. The number of carbonyl (C=O) groups is 1. The van der Waals surface area contributed by atoms with Gasteiger partial charge in [0.2, 0.25) is 12.7 Å². The third-order valence-corrected chi connectivity index (χ3v) is 4.93. The smallest absolute Gasteiger partial charge is 0.255 e. The third kappa shape index (κ3) is 4.40. The highest BCUT2D eigenvalue weighted by molar-refractivity contribution is 6.05. The average Bonchev–Trinajstić information content (AvgIpc) is 3.33. The van der Waals surface area contributed by atoms with Gasteiger partial charge in [-0.3, -0.25) is 4.79 Å². The second-order valence-corrected chi connectivity index (χ2v) is 7.07. The maximum atomic E-state index is 12.8. The molecule has 0 aliphatic carbocycles. The lowest BCUT2D eigenvalue weighted by Gasteiger charge is -2.10. The molecule has 2 heterocycles. The van der Waals surface area contributed by atoms with Crippen LogP contribution in [0.15, 0.2) is 79.0 Å². The molecule has 3 aromatic carbocycles. The van der Waals surface area contributed by atoms with Gasteiger partial charge in [0.25, 0.3) is 5.91 Å². The highest BCUT2D eigenvalue weighted by Gasteiger charge is 2.15. The molecule has 33 heavy (non-hydrogen) atoms. The van der Waals surface area contributed by atoms with Crippen LogP contribution in [0.25, 0.3) is 11.4 Å². The van der Waals surface area contributed by atoms with Crippen molar-refractivity contribution in [3.05, 3.63) is 84.6 Å². The Balaban J connectivity index is 1.35. The summed E-state index contributed by atoms with van der Waals surface area (Å²) in [5, 5.41) is 2.87. The Labute approximate surface area is 189 Å². The minimum absolute atomic E-state index is 0.175. The Bertz CT molecular complexity index is 1320. The van der Waals surface area contributed by atoms with E-state index in [9.17, 15) is 4.79 Å². The zero-order chi connectivity index (χ0) is 22.6. The Kier molecular flexibility index (Phi) is 5.47. The number of rotatable bonds is 6. The summed E-state index contributed by atoms with van der Waals surface area (Å²) in [7, 11) is 1.58. The second-order valence-electron chi connectivity index (χ2n) is 7.07. The van der Waals surface area contributed by atoms with Gasteiger partial charge in [0.15, 0.2) is 28.8 Å². The molecule has 0 radical (unpaired) electrons. The standard InChI is InChI=1S/C25H19N3O5/c1-30-19-7-2-3-8-21(19)33-23-11-12-26-24(28-23)16-5-4-6-17(13-16)25(29)27-18-9-10-20-22(14-18)32-15-31-20/h2-14H,15H2,1H3,(H,27,29). The number of hydrogen-bond donors (Lipinski definition) is 1. The van der Waals surface area contributed by atoms with Crippen LogP contribution in [0, 0.1) is 0 Å². The molecule has 4 aromatic rings. The number of nitrogens with one attached hydrogen (secondary N) is 1. The highest BCUT2D eigenvalue weighted by Crippen LogP contribution is 2.34. The van der Waals surface area contributed by atoms with Crippen LogP contribution < -0.4 is 24.3 Å². The van der Waals surface area contributed by atoms with Crippen molar-refractivity contribution in [1.82, 2.24) is 9.97 Å². The number of aromatic nitrogens is 2. The molecule has 0 saturated carbocycles. The van der Waals surface area contributed by atoms with Crippen molar-refractivity contribution in [2.45, 2.75) is 0 Å². The number of amides is 1. The van der Waals surface area contributed by atoms with Gasteiger partial charge in [-0.25, -0.2) is 4.98 Å². The summed E-state index contributed by atoms with van der Waals surface area (Å²) in [6, 6.07) is 21.3. The molecule has 8 heteroatoms. The molecular formula is C25H19N3O5. The van der Waals surface area contributed by atoms with E-state index in [0.717, 1.165) is 0 Å². The molecule has 0 atom stereocenters. The van der Waals surface area contributed by atoms with Crippen LogP contribution in [-0.2, 0) is 0 Å². The third-order valence-electron chi connectivity index (χ3n) is 4.93. The first-order valence-corrected chi connectivity index (χ1v) is 10.1. The SMILES string of the molecule is COc1ccccc1Oc1ccnc(-c2cccc(C(=O)Nc3ccc4c(c3)OCO4)c2)n1. The number of hydrogen-bond acceptors (Lipinski definition) is 7. The van der Waals surface area contributed by atoms with Crippen LogP contribution in [0.1, 0.15) is 10.4 Å². The first-order chi connectivity index (χ1) is 16.2. The molecule has 1 aliphatic rings. The van der Waals surface area contributed by atoms with Crippen molar-refractivity contribution in [1.29, 1.82) is 0 Å². The molecule has 5 rings (SSSR count). The molecular weight excluding hydrogens is 422 g/mol. The number of benzene rings is 3. The van der Waals surface area contributed by atoms with E-state index < -0.39 is 0 Å². The lowest BCUT2D eigenvalue weighted by atomic mass is 10.1. The first kappa shape index (κ1) is 20.3. The van der Waals surface area contributed by atoms with E-state index in [1.54, 1.807) is 67.9 Å². The second kappa shape index (κ2) is 8.88. The molecule has 0 fully saturated rings. The van der Waals surface area contributed by atoms with E-state index in [2.05, 4.69) is 15.3 Å². The minimum Gasteiger partial charge on any atom is -0.493 e. The normalized spacial score (nSPS) is 11.7. The summed E-state index contributed by atoms with van der Waals surface area (Å²) in [5.74, 6) is 2.92. The predicted molar refractivity (Wildman–Crippen MR) is 121 cm³/mol. The molecule has 164 valence electrons. The van der Waals surface area contributed by atoms with Gasteiger partial charge in [-0.1, -0.05) is 24.3 Å². The van der Waals surface area contributed by atoms with Gasteiger partial charge < -0.3 is 24.3 Å². The summed E-state index contributed by atoms with van der Waals surface area (Å²) >= 11 is 0. The Morgan fingerprint density at radius 3 is 2.67 bits per heavy atom. The largest absolute Gasteiger partial charge is 0.493 e. The number of nitrogens with zero attached hydrogens (tertiary/aromatic N) is 2. The molecule has 1 amide bonds. The summed E-state index contributed by atoms with van der Waals surface area (Å²) in [4.78, 5) is 21.6. The van der Waals surface area contributed by atoms with E-state index >= 15 is 0 Å². The van der Waals surface area contributed by atoms with Crippen molar-refractivity contribution in [2.75, 3.05) is 19.2 Å². The molecule has 0 bridgehead atoms. The lowest BCUT2D eigenvalue weighted by Crippen LogP contribution is -2.11. The fraction of sp³-hybridized carbons (Fsp3) is 0.0800. The van der Waals surface area contributed by atoms with Gasteiger partial charge in [0.1, 0.15) is 0 Å². The van der Waals surface area contributed by atoms with Crippen molar-refractivity contribution in [3.8, 4) is 40.3 Å². The fourth-order valence-corrected chi connectivity index (χ4v) is 3.33. The van der Waals surface area contributed by atoms with Crippen LogP contribution in [0.4, 0.5) is 5.69 Å². The summed E-state index contributed by atoms with van der Waals surface area (Å²) in [6.45, 7) is 0.175. The zero-order valence-electron chi connectivity index (χ0n) is 17.6.